The van der Waals surface area contributed by atoms with Gasteiger partial charge in [-0.15, -0.1) is 5.73 Å². The number of rotatable bonds is 5. The number of hydrogen-bond acceptors (Lipinski definition) is 5. The van der Waals surface area contributed by atoms with Crippen LogP contribution in [0, 0.1) is 18.3 Å². The highest BCUT2D eigenvalue weighted by atomic mass is 16.3. The van der Waals surface area contributed by atoms with Gasteiger partial charge in [0.25, 0.3) is 0 Å². The fourth-order valence-corrected chi connectivity index (χ4v) is 3.82. The van der Waals surface area contributed by atoms with Crippen LogP contribution in [0.25, 0.3) is 0 Å². The van der Waals surface area contributed by atoms with Crippen LogP contribution < -0.4 is 10.6 Å². The first-order chi connectivity index (χ1) is 21.2. The fourth-order valence-electron chi connectivity index (χ4n) is 3.82. The third kappa shape index (κ3) is 17.4. The monoisotopic (exact) mass is 641 g/mol. The molecule has 3 N–H and O–H groups in total. The smallest absolute Gasteiger partial charge is 0.238 e. The van der Waals surface area contributed by atoms with Gasteiger partial charge in [0.15, 0.2) is 0 Å². The molecule has 0 bridgehead atoms. The van der Waals surface area contributed by atoms with Crippen molar-refractivity contribution in [2.24, 2.45) is 11.3 Å². The highest BCUT2D eigenvalue weighted by Crippen LogP contribution is 2.28. The summed E-state index contributed by atoms with van der Waals surface area (Å²) in [5.41, 5.74) is 8.22. The molecule has 262 valence electrons. The van der Waals surface area contributed by atoms with E-state index in [4.69, 9.17) is 0 Å². The Morgan fingerprint density at radius 2 is 1.76 bits per heavy atom. The van der Waals surface area contributed by atoms with E-state index in [1.807, 2.05) is 68.4 Å². The van der Waals surface area contributed by atoms with Gasteiger partial charge in [0.2, 0.25) is 11.8 Å². The standard InChI is InChI=1S/C17H26N4O2.C12H14.C7H16O.C3H8.2H2/c1-11(2)17(23)20-15-8-14(9-18-13(15)4)19-16(22)10-21-7-5-6-12(21)3;1-4-5-12-8-10(2)6-7-11(3)9-12;1-6(2,3)7(4,5)8;1-3-2;;/h8-9,11-12H,5-7,10H2,1-4H3,(H,19,22)(H,20,23);4,6-7,9H,2,8H2,1,3H3;8H,1-5H3;3H2,1-2H3;2*1H/t12-;;;;;/m1...../s1. The number of aliphatic hydroxyl groups is 1. The third-order valence-corrected chi connectivity index (χ3v) is 7.76. The number of pyridine rings is 1. The SMILES string of the molecule is C=C1C=CC(C)=CC(=C=CC)C1.CC(C)(C)C(C)(C)O.CCC.Cc1ncc(NC(=O)CN2CCC[C@H]2C)cc1NC(=O)C(C)C.[HH].[HH]. The quantitative estimate of drug-likeness (QED) is 0.279. The van der Waals surface area contributed by atoms with Crippen molar-refractivity contribution in [3.05, 3.63) is 71.3 Å². The van der Waals surface area contributed by atoms with Crippen LogP contribution in [0.15, 0.2) is 65.6 Å². The van der Waals surface area contributed by atoms with Crippen LogP contribution in [0.4, 0.5) is 11.4 Å². The van der Waals surface area contributed by atoms with Crippen LogP contribution in [0.2, 0.25) is 0 Å². The number of allylic oxidation sites excluding steroid dienone is 6. The van der Waals surface area contributed by atoms with Gasteiger partial charge >= 0.3 is 0 Å². The first kappa shape index (κ1) is 42.8. The molecule has 0 saturated carbocycles. The molecule has 2 heterocycles. The Hall–Kier alpha value is -3.25. The van der Waals surface area contributed by atoms with E-state index < -0.39 is 5.60 Å². The molecule has 3 rings (SSSR count). The van der Waals surface area contributed by atoms with Gasteiger partial charge in [-0.2, -0.15) is 0 Å². The molecule has 0 radical (unpaired) electrons. The van der Waals surface area contributed by atoms with Gasteiger partial charge in [-0.3, -0.25) is 19.5 Å². The van der Waals surface area contributed by atoms with Gasteiger partial charge in [0.05, 0.1) is 35.4 Å². The number of nitrogens with one attached hydrogen (secondary N) is 2. The second-order valence-electron chi connectivity index (χ2n) is 14.0. The summed E-state index contributed by atoms with van der Waals surface area (Å²) >= 11 is 0. The molecule has 1 saturated heterocycles. The highest BCUT2D eigenvalue weighted by molar-refractivity contribution is 5.95. The van der Waals surface area contributed by atoms with Crippen molar-refractivity contribution in [2.75, 3.05) is 23.7 Å². The summed E-state index contributed by atoms with van der Waals surface area (Å²) in [6, 6.07) is 2.21. The molecule has 1 aromatic rings. The van der Waals surface area contributed by atoms with Crippen LogP contribution in [0.3, 0.4) is 0 Å². The van der Waals surface area contributed by atoms with E-state index in [2.05, 4.69) is 78.8 Å². The maximum atomic E-state index is 12.2. The number of aryl methyl sites for hydroxylation is 1. The molecule has 0 unspecified atom stereocenters. The lowest BCUT2D eigenvalue weighted by atomic mass is 9.79. The van der Waals surface area contributed by atoms with E-state index in [0.29, 0.717) is 24.0 Å². The Morgan fingerprint density at radius 1 is 1.17 bits per heavy atom. The second-order valence-corrected chi connectivity index (χ2v) is 14.0. The molecule has 1 aliphatic carbocycles. The molecule has 1 aliphatic heterocycles. The molecule has 7 nitrogen and oxygen atoms in total. The number of aromatic nitrogens is 1. The van der Waals surface area contributed by atoms with E-state index in [1.165, 1.54) is 17.6 Å². The normalized spacial score (nSPS) is 16.3. The van der Waals surface area contributed by atoms with Crippen molar-refractivity contribution >= 4 is 23.2 Å². The van der Waals surface area contributed by atoms with Gasteiger partial charge < -0.3 is 15.7 Å². The van der Waals surface area contributed by atoms with E-state index >= 15 is 0 Å². The summed E-state index contributed by atoms with van der Waals surface area (Å²) in [6.07, 6.45) is 14.3. The van der Waals surface area contributed by atoms with E-state index in [-0.39, 0.29) is 26.0 Å². The zero-order chi connectivity index (χ0) is 35.7. The van der Waals surface area contributed by atoms with E-state index in [0.717, 1.165) is 37.1 Å². The Morgan fingerprint density at radius 3 is 2.24 bits per heavy atom. The zero-order valence-corrected chi connectivity index (χ0v) is 31.2. The molecule has 1 atom stereocenters. The van der Waals surface area contributed by atoms with Crippen LogP contribution in [-0.2, 0) is 9.59 Å². The summed E-state index contributed by atoms with van der Waals surface area (Å²) in [5.74, 6) is -0.223. The van der Waals surface area contributed by atoms with Gasteiger partial charge in [0.1, 0.15) is 0 Å². The Kier molecular flexibility index (Phi) is 19.3. The topological polar surface area (TPSA) is 94.6 Å². The Labute approximate surface area is 284 Å². The number of likely N-dealkylation sites (tertiary alicyclic amines) is 1. The average molecular weight is 641 g/mol. The van der Waals surface area contributed by atoms with Crippen molar-refractivity contribution in [2.45, 2.75) is 127 Å². The minimum Gasteiger partial charge on any atom is -0.390 e. The maximum absolute atomic E-state index is 12.2. The molecule has 0 spiro atoms. The highest BCUT2D eigenvalue weighted by Gasteiger charge is 2.29. The van der Waals surface area contributed by atoms with E-state index in [1.54, 1.807) is 12.3 Å². The predicted molar refractivity (Wildman–Crippen MR) is 201 cm³/mol. The van der Waals surface area contributed by atoms with Gasteiger partial charge in [-0.25, -0.2) is 0 Å². The first-order valence-electron chi connectivity index (χ1n) is 16.7. The largest absolute Gasteiger partial charge is 0.390 e. The van der Waals surface area contributed by atoms with Gasteiger partial charge in [-0.05, 0) is 90.1 Å². The number of carbonyl (C=O) groups excluding carboxylic acids is 2. The van der Waals surface area contributed by atoms with Gasteiger partial charge in [0, 0.05) is 21.2 Å². The van der Waals surface area contributed by atoms with Crippen molar-refractivity contribution in [1.82, 2.24) is 9.88 Å². The Balaban J connectivity index is -0.000000681. The molecule has 2 aliphatic rings. The molecule has 1 fully saturated rings. The predicted octanol–water partition coefficient (Wildman–Crippen LogP) is 9.67. The number of hydrogen-bond donors (Lipinski definition) is 3. The minimum absolute atomic E-state index is 0. The number of carbonyl (C=O) groups is 2. The van der Waals surface area contributed by atoms with Crippen LogP contribution in [0.1, 0.15) is 117 Å². The molecule has 2 amide bonds. The minimum atomic E-state index is -0.562. The number of amides is 2. The molecular weight excluding hydrogens is 572 g/mol. The van der Waals surface area contributed by atoms with Crippen molar-refractivity contribution in [3.63, 3.8) is 0 Å². The van der Waals surface area contributed by atoms with Crippen molar-refractivity contribution < 1.29 is 17.5 Å². The summed E-state index contributed by atoms with van der Waals surface area (Å²) in [4.78, 5) is 30.4. The third-order valence-electron chi connectivity index (χ3n) is 7.76. The van der Waals surface area contributed by atoms with Crippen molar-refractivity contribution in [1.29, 1.82) is 0 Å². The summed E-state index contributed by atoms with van der Waals surface area (Å²) in [5, 5.41) is 15.1. The van der Waals surface area contributed by atoms with E-state index in [9.17, 15) is 14.7 Å². The first-order valence-corrected chi connectivity index (χ1v) is 16.7. The maximum Gasteiger partial charge on any atom is 0.238 e. The molecule has 46 heavy (non-hydrogen) atoms. The van der Waals surface area contributed by atoms with Crippen LogP contribution in [-0.4, -0.2) is 51.5 Å². The van der Waals surface area contributed by atoms with Crippen LogP contribution >= 0.6 is 0 Å². The summed E-state index contributed by atoms with van der Waals surface area (Å²) in [6.45, 7) is 31.0. The summed E-state index contributed by atoms with van der Waals surface area (Å²) < 4.78 is 0. The molecule has 0 aromatic carbocycles. The summed E-state index contributed by atoms with van der Waals surface area (Å²) in [7, 11) is 0. The zero-order valence-electron chi connectivity index (χ0n) is 31.2. The fraction of sp³-hybridized carbons (Fsp3) is 0.590. The number of anilines is 2. The van der Waals surface area contributed by atoms with Crippen LogP contribution in [0.5, 0.6) is 0 Å². The molecular formula is C39H68N4O3. The Bertz CT molecular complexity index is 1250. The number of nitrogens with zero attached hydrogens (tertiary/aromatic N) is 2. The second kappa shape index (κ2) is 20.8. The van der Waals surface area contributed by atoms with Crippen molar-refractivity contribution in [3.8, 4) is 0 Å². The lowest BCUT2D eigenvalue weighted by molar-refractivity contribution is -0.119. The molecule has 7 heteroatoms. The average Bonchev–Trinajstić information content (AvgIpc) is 3.25. The lowest BCUT2D eigenvalue weighted by Gasteiger charge is -2.33. The lowest BCUT2D eigenvalue weighted by Crippen LogP contribution is -2.35. The molecule has 1 aromatic heterocycles. The van der Waals surface area contributed by atoms with Gasteiger partial charge in [-0.1, -0.05) is 84.8 Å².